The zero-order chi connectivity index (χ0) is 10.2. The number of hydrogen-bond acceptors (Lipinski definition) is 2. The third kappa shape index (κ3) is 2.39. The van der Waals surface area contributed by atoms with Gasteiger partial charge in [-0.05, 0) is 60.7 Å². The van der Waals surface area contributed by atoms with E-state index in [4.69, 9.17) is 4.42 Å². The normalized spacial score (nSPS) is 17.4. The van der Waals surface area contributed by atoms with Crippen LogP contribution in [0.3, 0.4) is 0 Å². The highest BCUT2D eigenvalue weighted by molar-refractivity contribution is 9.10. The third-order valence-corrected chi connectivity index (χ3v) is 3.37. The van der Waals surface area contributed by atoms with Gasteiger partial charge in [-0.2, -0.15) is 0 Å². The molecule has 14 heavy (non-hydrogen) atoms. The van der Waals surface area contributed by atoms with Gasteiger partial charge in [-0.15, -0.1) is 0 Å². The Labute approximate surface area is 93.2 Å². The fraction of sp³-hybridized carbons (Fsp3) is 0.636. The van der Waals surface area contributed by atoms with Crippen LogP contribution in [0.2, 0.25) is 0 Å². The lowest BCUT2D eigenvalue weighted by Crippen LogP contribution is -2.40. The van der Waals surface area contributed by atoms with Crippen molar-refractivity contribution in [1.29, 1.82) is 0 Å². The molecule has 0 atom stereocenters. The van der Waals surface area contributed by atoms with Crippen LogP contribution in [0.25, 0.3) is 0 Å². The van der Waals surface area contributed by atoms with Gasteiger partial charge in [0.1, 0.15) is 5.76 Å². The first-order valence-electron chi connectivity index (χ1n) is 5.07. The summed E-state index contributed by atoms with van der Waals surface area (Å²) < 4.78 is 6.24. The van der Waals surface area contributed by atoms with Gasteiger partial charge >= 0.3 is 0 Å². The van der Waals surface area contributed by atoms with E-state index in [0.29, 0.717) is 0 Å². The topological polar surface area (TPSA) is 25.2 Å². The number of rotatable bonds is 4. The standard InChI is InChI=1S/C11H16BrNO/c1-11(2,8-3-4-8)13-7-9-5-6-10(12)14-9/h5-6,8,13H,3-4,7H2,1-2H3. The van der Waals surface area contributed by atoms with Crippen LogP contribution < -0.4 is 5.32 Å². The molecule has 0 amide bonds. The summed E-state index contributed by atoms with van der Waals surface area (Å²) in [7, 11) is 0. The number of furan rings is 1. The Morgan fingerprint density at radius 2 is 2.21 bits per heavy atom. The minimum Gasteiger partial charge on any atom is -0.453 e. The smallest absolute Gasteiger partial charge is 0.169 e. The van der Waals surface area contributed by atoms with Gasteiger partial charge in [0.15, 0.2) is 4.67 Å². The minimum atomic E-state index is 0.249. The van der Waals surface area contributed by atoms with Crippen molar-refractivity contribution in [2.75, 3.05) is 0 Å². The molecule has 1 aliphatic rings. The van der Waals surface area contributed by atoms with E-state index in [2.05, 4.69) is 35.1 Å². The van der Waals surface area contributed by atoms with Crippen molar-refractivity contribution in [3.63, 3.8) is 0 Å². The third-order valence-electron chi connectivity index (χ3n) is 2.95. The maximum absolute atomic E-state index is 5.43. The fourth-order valence-corrected chi connectivity index (χ4v) is 2.05. The van der Waals surface area contributed by atoms with Crippen LogP contribution in [0.5, 0.6) is 0 Å². The van der Waals surface area contributed by atoms with Gasteiger partial charge < -0.3 is 9.73 Å². The molecular weight excluding hydrogens is 242 g/mol. The maximum atomic E-state index is 5.43. The second kappa shape index (κ2) is 3.70. The summed E-state index contributed by atoms with van der Waals surface area (Å²) in [4.78, 5) is 0. The van der Waals surface area contributed by atoms with Gasteiger partial charge in [0.25, 0.3) is 0 Å². The quantitative estimate of drug-likeness (QED) is 0.896. The van der Waals surface area contributed by atoms with Crippen molar-refractivity contribution in [3.05, 3.63) is 22.6 Å². The molecule has 1 aromatic heterocycles. The summed E-state index contributed by atoms with van der Waals surface area (Å²) in [6.07, 6.45) is 2.73. The summed E-state index contributed by atoms with van der Waals surface area (Å²) in [5.74, 6) is 1.84. The second-order valence-electron chi connectivity index (χ2n) is 4.56. The Kier molecular flexibility index (Phi) is 2.71. The molecule has 1 saturated carbocycles. The molecule has 1 N–H and O–H groups in total. The first-order valence-corrected chi connectivity index (χ1v) is 5.86. The zero-order valence-electron chi connectivity index (χ0n) is 8.64. The fourth-order valence-electron chi connectivity index (χ4n) is 1.71. The molecule has 0 aliphatic heterocycles. The van der Waals surface area contributed by atoms with Crippen molar-refractivity contribution in [2.24, 2.45) is 5.92 Å². The molecule has 0 aromatic carbocycles. The summed E-state index contributed by atoms with van der Waals surface area (Å²) in [5.41, 5.74) is 0.249. The van der Waals surface area contributed by atoms with Crippen molar-refractivity contribution in [1.82, 2.24) is 5.32 Å². The Morgan fingerprint density at radius 1 is 1.50 bits per heavy atom. The summed E-state index contributed by atoms with van der Waals surface area (Å²) in [6.45, 7) is 5.35. The second-order valence-corrected chi connectivity index (χ2v) is 5.34. The van der Waals surface area contributed by atoms with E-state index in [0.717, 1.165) is 22.9 Å². The van der Waals surface area contributed by atoms with Gasteiger partial charge in [0, 0.05) is 5.54 Å². The molecule has 0 saturated heterocycles. The number of nitrogens with one attached hydrogen (secondary N) is 1. The molecule has 0 radical (unpaired) electrons. The Bertz CT molecular complexity index is 315. The molecule has 1 fully saturated rings. The number of halogens is 1. The molecule has 0 spiro atoms. The van der Waals surface area contributed by atoms with Gasteiger partial charge in [0.2, 0.25) is 0 Å². The van der Waals surface area contributed by atoms with Gasteiger partial charge in [-0.1, -0.05) is 0 Å². The molecule has 1 heterocycles. The highest BCUT2D eigenvalue weighted by atomic mass is 79.9. The van der Waals surface area contributed by atoms with Crippen LogP contribution in [0.1, 0.15) is 32.4 Å². The van der Waals surface area contributed by atoms with E-state index in [9.17, 15) is 0 Å². The van der Waals surface area contributed by atoms with Crippen molar-refractivity contribution < 1.29 is 4.42 Å². The maximum Gasteiger partial charge on any atom is 0.169 e. The van der Waals surface area contributed by atoms with Crippen LogP contribution >= 0.6 is 15.9 Å². The number of hydrogen-bond donors (Lipinski definition) is 1. The van der Waals surface area contributed by atoms with E-state index < -0.39 is 0 Å². The van der Waals surface area contributed by atoms with E-state index >= 15 is 0 Å². The van der Waals surface area contributed by atoms with Crippen molar-refractivity contribution in [2.45, 2.75) is 38.8 Å². The summed E-state index contributed by atoms with van der Waals surface area (Å²) in [5, 5.41) is 3.54. The largest absolute Gasteiger partial charge is 0.453 e. The van der Waals surface area contributed by atoms with Crippen molar-refractivity contribution in [3.8, 4) is 0 Å². The van der Waals surface area contributed by atoms with Crippen LogP contribution in [-0.2, 0) is 6.54 Å². The van der Waals surface area contributed by atoms with Gasteiger partial charge in [-0.3, -0.25) is 0 Å². The monoisotopic (exact) mass is 257 g/mol. The Hall–Kier alpha value is -0.280. The molecule has 2 rings (SSSR count). The molecular formula is C11H16BrNO. The molecule has 2 nitrogen and oxygen atoms in total. The summed E-state index contributed by atoms with van der Waals surface area (Å²) >= 11 is 3.30. The molecule has 0 bridgehead atoms. The van der Waals surface area contributed by atoms with Crippen molar-refractivity contribution >= 4 is 15.9 Å². The Morgan fingerprint density at radius 3 is 2.71 bits per heavy atom. The lowest BCUT2D eigenvalue weighted by Gasteiger charge is -2.25. The predicted octanol–water partition coefficient (Wildman–Crippen LogP) is 3.32. The lowest BCUT2D eigenvalue weighted by atomic mass is 9.99. The zero-order valence-corrected chi connectivity index (χ0v) is 10.2. The molecule has 1 aromatic rings. The van der Waals surface area contributed by atoms with Gasteiger partial charge in [0.05, 0.1) is 6.54 Å². The lowest BCUT2D eigenvalue weighted by molar-refractivity contribution is 0.321. The SMILES string of the molecule is CC(C)(NCc1ccc(Br)o1)C1CC1. The van der Waals surface area contributed by atoms with Crippen LogP contribution in [0, 0.1) is 5.92 Å². The first kappa shape index (κ1) is 10.2. The van der Waals surface area contributed by atoms with Gasteiger partial charge in [-0.25, -0.2) is 0 Å². The van der Waals surface area contributed by atoms with E-state index in [-0.39, 0.29) is 5.54 Å². The predicted molar refractivity (Wildman–Crippen MR) is 60.1 cm³/mol. The van der Waals surface area contributed by atoms with Crippen LogP contribution in [0.4, 0.5) is 0 Å². The average Bonchev–Trinajstić information content (AvgIpc) is 2.89. The molecule has 1 aliphatic carbocycles. The van der Waals surface area contributed by atoms with Crippen LogP contribution in [-0.4, -0.2) is 5.54 Å². The highest BCUT2D eigenvalue weighted by Gasteiger charge is 2.37. The molecule has 0 unspecified atom stereocenters. The Balaban J connectivity index is 1.87. The van der Waals surface area contributed by atoms with E-state index in [1.807, 2.05) is 12.1 Å². The highest BCUT2D eigenvalue weighted by Crippen LogP contribution is 2.39. The summed E-state index contributed by atoms with van der Waals surface area (Å²) in [6, 6.07) is 3.93. The average molecular weight is 258 g/mol. The van der Waals surface area contributed by atoms with Crippen LogP contribution in [0.15, 0.2) is 21.2 Å². The molecule has 78 valence electrons. The minimum absolute atomic E-state index is 0.249. The van der Waals surface area contributed by atoms with E-state index in [1.54, 1.807) is 0 Å². The van der Waals surface area contributed by atoms with E-state index in [1.165, 1.54) is 12.8 Å². The first-order chi connectivity index (χ1) is 6.58. The molecule has 3 heteroatoms.